The van der Waals surface area contributed by atoms with E-state index in [9.17, 15) is 26.7 Å². The minimum Gasteiger partial charge on any atom is -0.504 e. The Bertz CT molecular complexity index is 1470. The number of rotatable bonds is 6. The number of hydrogen-bond acceptors (Lipinski definition) is 8. The van der Waals surface area contributed by atoms with Crippen LogP contribution in [0.3, 0.4) is 0 Å². The lowest BCUT2D eigenvalue weighted by atomic mass is 9.81. The molecule has 0 saturated heterocycles. The number of carbonyl (C=O) groups is 1. The third-order valence-corrected chi connectivity index (χ3v) is 7.73. The fraction of sp³-hybridized carbons (Fsp3) is 0.381. The summed E-state index contributed by atoms with van der Waals surface area (Å²) in [5.74, 6) is -0.828. The Morgan fingerprint density at radius 2 is 2.00 bits per heavy atom. The van der Waals surface area contributed by atoms with Crippen molar-refractivity contribution in [3.8, 4) is 0 Å². The Balaban J connectivity index is 1.81. The SMILES string of the molecule is CC(C)CCC1(C)C(=O)C(C2=NS(=O)(=O)c3cc(NS(C)(=O)=O)ccc3N2)=C(O)c2nccn21. The fourth-order valence-corrected chi connectivity index (χ4v) is 5.75. The van der Waals surface area contributed by atoms with Crippen LogP contribution in [0, 0.1) is 5.92 Å². The van der Waals surface area contributed by atoms with Crippen LogP contribution in [0.1, 0.15) is 39.4 Å². The second-order valence-corrected chi connectivity index (χ2v) is 12.3. The fourth-order valence-electron chi connectivity index (χ4n) is 4.04. The largest absolute Gasteiger partial charge is 0.504 e. The normalized spacial score (nSPS) is 21.6. The molecule has 1 aromatic carbocycles. The van der Waals surface area contributed by atoms with Crippen molar-refractivity contribution >= 4 is 48.8 Å². The Kier molecular flexibility index (Phi) is 5.60. The zero-order chi connectivity index (χ0) is 25.1. The number of sulfonamides is 2. The molecule has 1 atom stereocenters. The zero-order valence-corrected chi connectivity index (χ0v) is 20.7. The molecule has 0 radical (unpaired) electrons. The van der Waals surface area contributed by atoms with Gasteiger partial charge in [0.1, 0.15) is 16.0 Å². The van der Waals surface area contributed by atoms with Gasteiger partial charge in [-0.1, -0.05) is 13.8 Å². The molecule has 11 nitrogen and oxygen atoms in total. The summed E-state index contributed by atoms with van der Waals surface area (Å²) >= 11 is 0. The smallest absolute Gasteiger partial charge is 0.286 e. The summed E-state index contributed by atoms with van der Waals surface area (Å²) in [6, 6.07) is 3.87. The van der Waals surface area contributed by atoms with Gasteiger partial charge in [0.25, 0.3) is 10.0 Å². The standard InChI is InChI=1S/C21H25N5O6S2/c1-12(2)7-8-21(3)18(28)16(17(27)20-22-9-10-26(20)21)19-23-14-6-5-13(24-33(4,29)30)11-15(14)34(31,32)25-19/h5-6,9-12,24,27H,7-8H2,1-4H3,(H,23,25). The molecule has 3 heterocycles. The van der Waals surface area contributed by atoms with E-state index >= 15 is 0 Å². The highest BCUT2D eigenvalue weighted by Gasteiger charge is 2.46. The van der Waals surface area contributed by atoms with Crippen LogP contribution in [0.4, 0.5) is 11.4 Å². The first-order valence-corrected chi connectivity index (χ1v) is 13.8. The molecule has 13 heteroatoms. The number of carbonyl (C=O) groups excluding carboxylic acids is 1. The summed E-state index contributed by atoms with van der Waals surface area (Å²) in [4.78, 5) is 17.6. The van der Waals surface area contributed by atoms with Crippen molar-refractivity contribution < 1.29 is 26.7 Å². The van der Waals surface area contributed by atoms with E-state index in [4.69, 9.17) is 0 Å². The van der Waals surface area contributed by atoms with Gasteiger partial charge in [-0.3, -0.25) is 9.52 Å². The second kappa shape index (κ2) is 7.94. The highest BCUT2D eigenvalue weighted by molar-refractivity contribution is 7.92. The van der Waals surface area contributed by atoms with Crippen molar-refractivity contribution in [2.24, 2.45) is 10.3 Å². The Hall–Kier alpha value is -3.19. The van der Waals surface area contributed by atoms with Crippen LogP contribution in [0.5, 0.6) is 0 Å². The van der Waals surface area contributed by atoms with Crippen LogP contribution in [0.2, 0.25) is 0 Å². The molecule has 2 aliphatic heterocycles. The summed E-state index contributed by atoms with van der Waals surface area (Å²) in [5, 5.41) is 13.7. The van der Waals surface area contributed by atoms with E-state index in [-0.39, 0.29) is 33.5 Å². The average Bonchev–Trinajstić information content (AvgIpc) is 3.21. The molecule has 182 valence electrons. The molecule has 34 heavy (non-hydrogen) atoms. The first kappa shape index (κ1) is 24.0. The molecule has 1 unspecified atom stereocenters. The van der Waals surface area contributed by atoms with Crippen molar-refractivity contribution in [2.75, 3.05) is 16.3 Å². The number of benzene rings is 1. The number of nitrogens with one attached hydrogen (secondary N) is 2. The summed E-state index contributed by atoms with van der Waals surface area (Å²) in [6.07, 6.45) is 5.18. The number of amidine groups is 1. The van der Waals surface area contributed by atoms with Crippen LogP contribution in [-0.4, -0.2) is 49.4 Å². The second-order valence-electron chi connectivity index (χ2n) is 9.01. The van der Waals surface area contributed by atoms with E-state index in [0.717, 1.165) is 12.3 Å². The van der Waals surface area contributed by atoms with Gasteiger partial charge in [-0.15, -0.1) is 4.40 Å². The lowest BCUT2D eigenvalue weighted by Crippen LogP contribution is -2.47. The van der Waals surface area contributed by atoms with Crippen molar-refractivity contribution in [1.29, 1.82) is 0 Å². The van der Waals surface area contributed by atoms with E-state index in [1.165, 1.54) is 18.3 Å². The lowest BCUT2D eigenvalue weighted by molar-refractivity contribution is -0.123. The van der Waals surface area contributed by atoms with E-state index in [1.54, 1.807) is 17.7 Å². The monoisotopic (exact) mass is 507 g/mol. The van der Waals surface area contributed by atoms with Gasteiger partial charge in [-0.2, -0.15) is 8.42 Å². The van der Waals surface area contributed by atoms with Crippen molar-refractivity contribution in [2.45, 2.75) is 44.0 Å². The van der Waals surface area contributed by atoms with E-state index in [2.05, 4.69) is 19.4 Å². The number of hydrogen-bond donors (Lipinski definition) is 3. The minimum absolute atomic E-state index is 0.0457. The topological polar surface area (TPSA) is 160 Å². The van der Waals surface area contributed by atoms with Gasteiger partial charge in [-0.25, -0.2) is 13.4 Å². The molecule has 3 N–H and O–H groups in total. The molecular formula is C21H25N5O6S2. The maximum atomic E-state index is 13.7. The zero-order valence-electron chi connectivity index (χ0n) is 19.0. The van der Waals surface area contributed by atoms with Gasteiger partial charge in [0, 0.05) is 18.1 Å². The van der Waals surface area contributed by atoms with Gasteiger partial charge in [0.15, 0.2) is 23.2 Å². The van der Waals surface area contributed by atoms with E-state index in [1.807, 2.05) is 13.8 Å². The van der Waals surface area contributed by atoms with Crippen molar-refractivity contribution in [3.05, 3.63) is 42.0 Å². The maximum absolute atomic E-state index is 13.7. The molecule has 4 rings (SSSR count). The molecular weight excluding hydrogens is 482 g/mol. The number of imidazole rings is 1. The predicted octanol–water partition coefficient (Wildman–Crippen LogP) is 2.47. The third kappa shape index (κ3) is 4.09. The summed E-state index contributed by atoms with van der Waals surface area (Å²) in [7, 11) is -7.95. The first-order valence-electron chi connectivity index (χ1n) is 10.5. The van der Waals surface area contributed by atoms with Crippen LogP contribution in [-0.2, 0) is 30.4 Å². The van der Waals surface area contributed by atoms with Gasteiger partial charge in [0.2, 0.25) is 10.0 Å². The van der Waals surface area contributed by atoms with E-state index < -0.39 is 37.1 Å². The summed E-state index contributed by atoms with van der Waals surface area (Å²) < 4.78 is 56.6. The maximum Gasteiger partial charge on any atom is 0.286 e. The van der Waals surface area contributed by atoms with Gasteiger partial charge in [0.05, 0.1) is 11.9 Å². The molecule has 2 aromatic rings. The number of nitrogens with zero attached hydrogens (tertiary/aromatic N) is 3. The quantitative estimate of drug-likeness (QED) is 0.537. The Morgan fingerprint density at radius 3 is 2.65 bits per heavy atom. The Morgan fingerprint density at radius 1 is 1.29 bits per heavy atom. The van der Waals surface area contributed by atoms with Crippen LogP contribution >= 0.6 is 0 Å². The van der Waals surface area contributed by atoms with Gasteiger partial charge >= 0.3 is 0 Å². The number of Topliss-reactive ketones (excluding diaryl/α,β-unsaturated/α-hetero) is 1. The third-order valence-electron chi connectivity index (χ3n) is 5.81. The van der Waals surface area contributed by atoms with Crippen LogP contribution in [0.25, 0.3) is 5.76 Å². The molecule has 0 amide bonds. The molecule has 0 bridgehead atoms. The molecule has 2 aliphatic rings. The molecule has 0 fully saturated rings. The lowest BCUT2D eigenvalue weighted by Gasteiger charge is -2.36. The highest BCUT2D eigenvalue weighted by atomic mass is 32.2. The van der Waals surface area contributed by atoms with Crippen LogP contribution in [0.15, 0.2) is 45.5 Å². The van der Waals surface area contributed by atoms with E-state index in [0.29, 0.717) is 18.8 Å². The summed E-state index contributed by atoms with van der Waals surface area (Å²) in [6.45, 7) is 5.79. The molecule has 0 saturated carbocycles. The average molecular weight is 508 g/mol. The highest BCUT2D eigenvalue weighted by Crippen LogP contribution is 2.39. The first-order chi connectivity index (χ1) is 15.7. The number of ketones is 1. The number of aromatic nitrogens is 2. The van der Waals surface area contributed by atoms with Crippen molar-refractivity contribution in [3.63, 3.8) is 0 Å². The molecule has 0 aliphatic carbocycles. The number of fused-ring (bicyclic) bond motifs is 2. The minimum atomic E-state index is -4.33. The van der Waals surface area contributed by atoms with Gasteiger partial charge in [-0.05, 0) is 43.9 Å². The molecule has 0 spiro atoms. The number of aliphatic hydroxyl groups is 1. The number of anilines is 2. The Labute approximate surface area is 197 Å². The predicted molar refractivity (Wildman–Crippen MR) is 128 cm³/mol. The molecule has 1 aromatic heterocycles. The number of aliphatic hydroxyl groups excluding tert-OH is 1. The van der Waals surface area contributed by atoms with Gasteiger partial charge < -0.3 is 15.0 Å². The summed E-state index contributed by atoms with van der Waals surface area (Å²) in [5.41, 5.74) is -1.23. The van der Waals surface area contributed by atoms with Crippen LogP contribution < -0.4 is 10.0 Å². The van der Waals surface area contributed by atoms with Crippen molar-refractivity contribution in [1.82, 2.24) is 9.55 Å².